The van der Waals surface area contributed by atoms with Crippen LogP contribution in [-0.2, 0) is 9.31 Å². The fourth-order valence-corrected chi connectivity index (χ4v) is 1.99. The number of hydrogen-bond acceptors (Lipinski definition) is 5. The highest BCUT2D eigenvalue weighted by Gasteiger charge is 2.58. The summed E-state index contributed by atoms with van der Waals surface area (Å²) in [5, 5.41) is 0. The van der Waals surface area contributed by atoms with Gasteiger partial charge in [-0.15, -0.1) is 0 Å². The first-order valence-electron chi connectivity index (χ1n) is 6.96. The summed E-state index contributed by atoms with van der Waals surface area (Å²) >= 11 is 0. The highest BCUT2D eigenvalue weighted by molar-refractivity contribution is 6.49. The van der Waals surface area contributed by atoms with E-state index in [1.807, 2.05) is 27.7 Å². The molecule has 0 unspecified atom stereocenters. The van der Waals surface area contributed by atoms with Gasteiger partial charge in [0, 0.05) is 5.56 Å². The van der Waals surface area contributed by atoms with Gasteiger partial charge in [-0.2, -0.15) is 0 Å². The Bertz CT molecular complexity index is 509. The van der Waals surface area contributed by atoms with E-state index >= 15 is 0 Å². The third-order valence-corrected chi connectivity index (χ3v) is 4.08. The van der Waals surface area contributed by atoms with Gasteiger partial charge in [0.25, 0.3) is 0 Å². The lowest BCUT2D eigenvalue weighted by atomic mass is 9.76. The quantitative estimate of drug-likeness (QED) is 0.523. The van der Waals surface area contributed by atoms with Gasteiger partial charge in [-0.25, -0.2) is 0 Å². The number of carbonyl (C=O) groups is 1. The van der Waals surface area contributed by atoms with Gasteiger partial charge in [0.05, 0.1) is 11.2 Å². The molecule has 1 aliphatic heterocycles. The summed E-state index contributed by atoms with van der Waals surface area (Å²) in [7, 11) is -0.687. The van der Waals surface area contributed by atoms with Crippen molar-refractivity contribution in [1.82, 2.24) is 0 Å². The predicted octanol–water partition coefficient (Wildman–Crippen LogP) is 2.18. The maximum absolute atomic E-state index is 10.6. The van der Waals surface area contributed by atoms with Crippen LogP contribution in [0.2, 0.25) is 0 Å². The van der Waals surface area contributed by atoms with E-state index in [1.54, 1.807) is 31.2 Å². The van der Waals surface area contributed by atoms with Crippen molar-refractivity contribution in [1.29, 1.82) is 0 Å². The first-order chi connectivity index (χ1) is 9.57. The number of hydrogen-bond donors (Lipinski definition) is 1. The Hall–Kier alpha value is -1.37. The molecule has 0 saturated carbocycles. The molecule has 5 nitrogen and oxygen atoms in total. The zero-order valence-electron chi connectivity index (χ0n) is 13.2. The lowest BCUT2D eigenvalue weighted by molar-refractivity contribution is 0.00578. The largest absolute Gasteiger partial charge is 0.520 e. The summed E-state index contributed by atoms with van der Waals surface area (Å²) in [6.45, 7) is 9.55. The molecule has 0 aliphatic carbocycles. The lowest BCUT2D eigenvalue weighted by Crippen LogP contribution is -2.58. The highest BCUT2D eigenvalue weighted by Crippen LogP contribution is 2.39. The van der Waals surface area contributed by atoms with Crippen LogP contribution in [0.15, 0.2) is 24.3 Å². The van der Waals surface area contributed by atoms with Crippen LogP contribution < -0.4 is 10.5 Å². The second-order valence-electron chi connectivity index (χ2n) is 6.56. The van der Waals surface area contributed by atoms with Crippen LogP contribution in [0.25, 0.3) is 0 Å². The Morgan fingerprint density at radius 3 is 2.05 bits per heavy atom. The number of benzene rings is 1. The maximum Gasteiger partial charge on any atom is 0.520 e. The zero-order valence-corrected chi connectivity index (χ0v) is 13.2. The third kappa shape index (κ3) is 3.12. The fraction of sp³-hybridized carbons (Fsp3) is 0.533. The van der Waals surface area contributed by atoms with Gasteiger partial charge in [0.15, 0.2) is 5.62 Å². The lowest BCUT2D eigenvalue weighted by Gasteiger charge is -2.32. The van der Waals surface area contributed by atoms with Crippen LogP contribution in [0.5, 0.6) is 5.75 Å². The molecule has 0 aromatic heterocycles. The van der Waals surface area contributed by atoms with Crippen LogP contribution in [0.1, 0.15) is 45.0 Å². The number of aldehydes is 1. The molecule has 114 valence electrons. The molecule has 21 heavy (non-hydrogen) atoms. The van der Waals surface area contributed by atoms with Gasteiger partial charge >= 0.3 is 7.12 Å². The second-order valence-corrected chi connectivity index (χ2v) is 6.56. The Kier molecular flexibility index (Phi) is 3.91. The Morgan fingerprint density at radius 1 is 1.14 bits per heavy atom. The summed E-state index contributed by atoms with van der Waals surface area (Å²) in [5.41, 5.74) is 4.72. The molecule has 1 heterocycles. The van der Waals surface area contributed by atoms with E-state index in [-0.39, 0.29) is 0 Å². The molecule has 6 heteroatoms. The van der Waals surface area contributed by atoms with E-state index < -0.39 is 23.9 Å². The zero-order chi connectivity index (χ0) is 15.9. The summed E-state index contributed by atoms with van der Waals surface area (Å²) in [6.07, 6.45) is 0.777. The molecule has 1 aromatic rings. The highest BCUT2D eigenvalue weighted by atomic mass is 16.7. The van der Waals surface area contributed by atoms with Gasteiger partial charge in [0.2, 0.25) is 0 Å². The minimum atomic E-state index is -1.15. The van der Waals surface area contributed by atoms with Crippen LogP contribution in [0, 0.1) is 0 Å². The minimum Gasteiger partial charge on any atom is -0.475 e. The molecule has 1 aliphatic rings. The SMILES string of the molecule is CC1(C)OB([C@@](C)(N)Oc2ccc(C=O)cc2)OC1(C)C. The summed E-state index contributed by atoms with van der Waals surface area (Å²) in [5.74, 6) is 0.556. The van der Waals surface area contributed by atoms with E-state index in [9.17, 15) is 4.79 Å². The monoisotopic (exact) mass is 291 g/mol. The fourth-order valence-electron chi connectivity index (χ4n) is 1.99. The molecule has 1 fully saturated rings. The third-order valence-electron chi connectivity index (χ3n) is 4.08. The van der Waals surface area contributed by atoms with Crippen LogP contribution in [-0.4, -0.2) is 30.2 Å². The van der Waals surface area contributed by atoms with Crippen molar-refractivity contribution in [2.75, 3.05) is 0 Å². The van der Waals surface area contributed by atoms with Crippen molar-refractivity contribution in [3.8, 4) is 5.75 Å². The summed E-state index contributed by atoms with van der Waals surface area (Å²) in [6, 6.07) is 6.73. The van der Waals surface area contributed by atoms with E-state index in [0.717, 1.165) is 6.29 Å². The Balaban J connectivity index is 2.13. The molecule has 0 radical (unpaired) electrons. The number of rotatable bonds is 4. The molecule has 2 N–H and O–H groups in total. The average Bonchev–Trinajstić information content (AvgIpc) is 2.60. The van der Waals surface area contributed by atoms with Gasteiger partial charge < -0.3 is 14.0 Å². The first-order valence-corrected chi connectivity index (χ1v) is 6.96. The second kappa shape index (κ2) is 5.12. The normalized spacial score (nSPS) is 22.7. The number of ether oxygens (including phenoxy) is 1. The molecule has 0 spiro atoms. The van der Waals surface area contributed by atoms with Crippen LogP contribution >= 0.6 is 0 Å². The van der Waals surface area contributed by atoms with Crippen molar-refractivity contribution in [3.63, 3.8) is 0 Å². The molecular formula is C15H22BNO4. The van der Waals surface area contributed by atoms with Gasteiger partial charge in [-0.3, -0.25) is 10.5 Å². The van der Waals surface area contributed by atoms with Crippen molar-refractivity contribution in [2.24, 2.45) is 5.73 Å². The van der Waals surface area contributed by atoms with Crippen LogP contribution in [0.4, 0.5) is 0 Å². The standard InChI is InChI=1S/C15H22BNO4/c1-13(2)14(3,4)21-16(20-13)15(5,17)19-12-8-6-11(10-18)7-9-12/h6-10H,17H2,1-5H3/t15-/m0/s1. The van der Waals surface area contributed by atoms with E-state index in [1.165, 1.54) is 0 Å². The Morgan fingerprint density at radius 2 is 1.62 bits per heavy atom. The van der Waals surface area contributed by atoms with Crippen molar-refractivity contribution in [2.45, 2.75) is 51.4 Å². The topological polar surface area (TPSA) is 70.8 Å². The Labute approximate surface area is 125 Å². The van der Waals surface area contributed by atoms with Crippen molar-refractivity contribution < 1.29 is 18.8 Å². The smallest absolute Gasteiger partial charge is 0.475 e. The van der Waals surface area contributed by atoms with Crippen LogP contribution in [0.3, 0.4) is 0 Å². The molecule has 0 amide bonds. The first kappa shape index (κ1) is 16.0. The molecule has 1 aromatic carbocycles. The molecule has 0 bridgehead atoms. The van der Waals surface area contributed by atoms with Gasteiger partial charge in [-0.1, -0.05) is 0 Å². The molecule has 2 rings (SSSR count). The van der Waals surface area contributed by atoms with Gasteiger partial charge in [-0.05, 0) is 58.9 Å². The minimum absolute atomic E-state index is 0.469. The summed E-state index contributed by atoms with van der Waals surface area (Å²) < 4.78 is 17.6. The maximum atomic E-state index is 10.6. The number of nitrogens with two attached hydrogens (primary N) is 1. The molecule has 1 saturated heterocycles. The van der Waals surface area contributed by atoms with Crippen molar-refractivity contribution in [3.05, 3.63) is 29.8 Å². The number of carbonyl (C=O) groups excluding carboxylic acids is 1. The van der Waals surface area contributed by atoms with E-state index in [0.29, 0.717) is 11.3 Å². The molecular weight excluding hydrogens is 269 g/mol. The van der Waals surface area contributed by atoms with Gasteiger partial charge in [0.1, 0.15) is 12.0 Å². The summed E-state index contributed by atoms with van der Waals surface area (Å²) in [4.78, 5) is 10.6. The predicted molar refractivity (Wildman–Crippen MR) is 81.1 cm³/mol. The molecule has 1 atom stereocenters. The average molecular weight is 291 g/mol. The van der Waals surface area contributed by atoms with Crippen molar-refractivity contribution >= 4 is 13.4 Å². The van der Waals surface area contributed by atoms with E-state index in [2.05, 4.69) is 0 Å². The van der Waals surface area contributed by atoms with E-state index in [4.69, 9.17) is 19.8 Å².